The first kappa shape index (κ1) is 28.3. The minimum atomic E-state index is -0.980. The molecule has 0 saturated carbocycles. The Morgan fingerprint density at radius 3 is 2.00 bits per heavy atom. The van der Waals surface area contributed by atoms with E-state index in [1.54, 1.807) is 36.4 Å². The van der Waals surface area contributed by atoms with Crippen molar-refractivity contribution in [3.05, 3.63) is 102 Å². The van der Waals surface area contributed by atoms with Gasteiger partial charge in [-0.05, 0) is 97.7 Å². The van der Waals surface area contributed by atoms with Crippen molar-refractivity contribution in [2.75, 3.05) is 31.5 Å². The van der Waals surface area contributed by atoms with E-state index in [4.69, 9.17) is 9.47 Å². The molecule has 43 heavy (non-hydrogen) atoms. The molecule has 6 rings (SSSR count). The summed E-state index contributed by atoms with van der Waals surface area (Å²) < 4.78 is 40.4. The third-order valence-corrected chi connectivity index (χ3v) is 7.65. The van der Waals surface area contributed by atoms with Gasteiger partial charge in [-0.15, -0.1) is 0 Å². The topological polar surface area (TPSA) is 95.4 Å². The monoisotopic (exact) mass is 580 g/mol. The molecule has 0 radical (unpaired) electrons. The Morgan fingerprint density at radius 2 is 1.40 bits per heavy atom. The predicted molar refractivity (Wildman–Crippen MR) is 160 cm³/mol. The number of benzene rings is 4. The van der Waals surface area contributed by atoms with Gasteiger partial charge < -0.3 is 25.4 Å². The molecule has 0 aliphatic carbocycles. The fourth-order valence-electron chi connectivity index (χ4n) is 5.34. The second kappa shape index (κ2) is 12.6. The minimum Gasteiger partial charge on any atom is -0.488 e. The average Bonchev–Trinajstić information content (AvgIpc) is 3.74. The van der Waals surface area contributed by atoms with E-state index in [1.807, 2.05) is 24.3 Å². The van der Waals surface area contributed by atoms with Crippen LogP contribution in [0.1, 0.15) is 28.8 Å². The summed E-state index contributed by atoms with van der Waals surface area (Å²) in [5, 5.41) is 18.7. The molecule has 0 unspecified atom stereocenters. The van der Waals surface area contributed by atoms with Gasteiger partial charge in [-0.25, -0.2) is 8.78 Å². The number of hydrogen-bond donors (Lipinski definition) is 3. The van der Waals surface area contributed by atoms with Gasteiger partial charge in [0.15, 0.2) is 11.6 Å². The van der Waals surface area contributed by atoms with Gasteiger partial charge >= 0.3 is 0 Å². The molecule has 1 amide bonds. The molecule has 2 saturated heterocycles. The van der Waals surface area contributed by atoms with Gasteiger partial charge in [-0.3, -0.25) is 4.79 Å². The summed E-state index contributed by atoms with van der Waals surface area (Å²) in [6.07, 6.45) is 1.68. The molecule has 2 aliphatic rings. The lowest BCUT2D eigenvalue weighted by Crippen LogP contribution is -2.20. The highest BCUT2D eigenvalue weighted by molar-refractivity contribution is 6.05. The Labute approximate surface area is 248 Å². The Bertz CT molecular complexity index is 1670. The Morgan fingerprint density at radius 1 is 0.767 bits per heavy atom. The molecule has 3 N–H and O–H groups in total. The van der Waals surface area contributed by atoms with Crippen molar-refractivity contribution in [3.63, 3.8) is 0 Å². The predicted octanol–water partition coefficient (Wildman–Crippen LogP) is 5.90. The SMILES string of the molecule is N#Cc1ccc(-c2cc(NC(=O)c3ccc(O[C@H]4CCNC4)c(-c4ccc(F)c(F)c4)c3)ccc2O[C@H]2CCNC2)cc1. The first-order valence-corrected chi connectivity index (χ1v) is 14.3. The number of nitrogens with one attached hydrogen (secondary N) is 3. The van der Waals surface area contributed by atoms with Crippen LogP contribution in [0.5, 0.6) is 11.5 Å². The molecule has 0 aromatic heterocycles. The van der Waals surface area contributed by atoms with Gasteiger partial charge in [0.1, 0.15) is 23.7 Å². The highest BCUT2D eigenvalue weighted by atomic mass is 19.2. The van der Waals surface area contributed by atoms with Crippen molar-refractivity contribution >= 4 is 11.6 Å². The van der Waals surface area contributed by atoms with Crippen LogP contribution in [-0.4, -0.2) is 44.3 Å². The normalized spacial score (nSPS) is 17.8. The maximum absolute atomic E-state index is 14.2. The Balaban J connectivity index is 1.30. The zero-order valence-corrected chi connectivity index (χ0v) is 23.3. The van der Waals surface area contributed by atoms with Crippen molar-refractivity contribution in [2.45, 2.75) is 25.0 Å². The molecular weight excluding hydrogens is 550 g/mol. The molecule has 2 atom stereocenters. The number of rotatable bonds is 8. The van der Waals surface area contributed by atoms with Crippen LogP contribution >= 0.6 is 0 Å². The zero-order chi connectivity index (χ0) is 29.8. The third-order valence-electron chi connectivity index (χ3n) is 7.65. The molecule has 4 aromatic carbocycles. The summed E-state index contributed by atoms with van der Waals surface area (Å²) in [5.41, 5.74) is 3.95. The summed E-state index contributed by atoms with van der Waals surface area (Å²) in [6.45, 7) is 3.15. The van der Waals surface area contributed by atoms with Crippen molar-refractivity contribution in [3.8, 4) is 39.8 Å². The third kappa shape index (κ3) is 6.51. The van der Waals surface area contributed by atoms with Gasteiger partial charge in [0.05, 0.1) is 11.6 Å². The minimum absolute atomic E-state index is 0.0352. The van der Waals surface area contributed by atoms with Gasteiger partial charge in [0.2, 0.25) is 0 Å². The molecule has 7 nitrogen and oxygen atoms in total. The lowest BCUT2D eigenvalue weighted by molar-refractivity contribution is 0.102. The van der Waals surface area contributed by atoms with E-state index in [2.05, 4.69) is 22.0 Å². The maximum Gasteiger partial charge on any atom is 0.255 e. The van der Waals surface area contributed by atoms with Crippen molar-refractivity contribution in [1.29, 1.82) is 5.26 Å². The fraction of sp³-hybridized carbons (Fsp3) is 0.235. The maximum atomic E-state index is 14.2. The highest BCUT2D eigenvalue weighted by Crippen LogP contribution is 2.36. The molecular formula is C34H30F2N4O3. The number of carbonyl (C=O) groups excluding carboxylic acids is 1. The molecule has 2 aliphatic heterocycles. The summed E-state index contributed by atoms with van der Waals surface area (Å²) >= 11 is 0. The van der Waals surface area contributed by atoms with Crippen LogP contribution in [0.15, 0.2) is 78.9 Å². The van der Waals surface area contributed by atoms with Crippen molar-refractivity contribution in [2.24, 2.45) is 0 Å². The van der Waals surface area contributed by atoms with E-state index >= 15 is 0 Å². The Kier molecular flexibility index (Phi) is 8.31. The summed E-state index contributed by atoms with van der Waals surface area (Å²) in [5.74, 6) is -1.14. The van der Waals surface area contributed by atoms with E-state index in [1.165, 1.54) is 6.07 Å². The standard InChI is InChI=1S/C34H30F2N4O3/c35-30-8-5-23(16-31(30)36)28-15-24(6-9-32(28)42-26-11-13-38-19-26)34(41)40-25-7-10-33(43-27-12-14-39-20-27)29(17-25)22-3-1-21(18-37)2-4-22/h1-10,15-17,26-27,38-39H,11-14,19-20H2,(H,40,41)/t26-,27-/m0/s1. The lowest BCUT2D eigenvalue weighted by Gasteiger charge is -2.19. The average molecular weight is 581 g/mol. The van der Waals surface area contributed by atoms with E-state index in [0.29, 0.717) is 46.0 Å². The summed E-state index contributed by atoms with van der Waals surface area (Å²) in [7, 11) is 0. The van der Waals surface area contributed by atoms with Crippen molar-refractivity contribution in [1.82, 2.24) is 10.6 Å². The Hall–Kier alpha value is -4.78. The lowest BCUT2D eigenvalue weighted by atomic mass is 10.0. The second-order valence-corrected chi connectivity index (χ2v) is 10.7. The van der Waals surface area contributed by atoms with Crippen LogP contribution in [0, 0.1) is 23.0 Å². The number of carbonyl (C=O) groups is 1. The number of anilines is 1. The van der Waals surface area contributed by atoms with E-state index in [0.717, 1.165) is 55.7 Å². The number of nitriles is 1. The molecule has 0 bridgehead atoms. The van der Waals surface area contributed by atoms with E-state index in [-0.39, 0.29) is 18.1 Å². The van der Waals surface area contributed by atoms with Crippen LogP contribution in [0.25, 0.3) is 22.3 Å². The number of hydrogen-bond acceptors (Lipinski definition) is 6. The number of halogens is 2. The molecule has 218 valence electrons. The molecule has 2 heterocycles. The fourth-order valence-corrected chi connectivity index (χ4v) is 5.34. The van der Waals surface area contributed by atoms with Crippen molar-refractivity contribution < 1.29 is 23.0 Å². The first-order chi connectivity index (χ1) is 21.0. The largest absolute Gasteiger partial charge is 0.488 e. The van der Waals surface area contributed by atoms with Gasteiger partial charge in [0, 0.05) is 35.5 Å². The van der Waals surface area contributed by atoms with Gasteiger partial charge in [0.25, 0.3) is 5.91 Å². The summed E-state index contributed by atoms with van der Waals surface area (Å²) in [6, 6.07) is 23.4. The van der Waals surface area contributed by atoms with E-state index < -0.39 is 11.6 Å². The van der Waals surface area contributed by atoms with Gasteiger partial charge in [-0.1, -0.05) is 18.2 Å². The van der Waals surface area contributed by atoms with Crippen LogP contribution in [0.3, 0.4) is 0 Å². The molecule has 0 spiro atoms. The number of amides is 1. The number of nitrogens with zero attached hydrogens (tertiary/aromatic N) is 1. The highest BCUT2D eigenvalue weighted by Gasteiger charge is 2.21. The first-order valence-electron chi connectivity index (χ1n) is 14.3. The zero-order valence-electron chi connectivity index (χ0n) is 23.3. The molecule has 9 heteroatoms. The van der Waals surface area contributed by atoms with Crippen LogP contribution < -0.4 is 25.4 Å². The molecule has 4 aromatic rings. The van der Waals surface area contributed by atoms with E-state index in [9.17, 15) is 18.8 Å². The second-order valence-electron chi connectivity index (χ2n) is 10.7. The van der Waals surface area contributed by atoms with Gasteiger partial charge in [-0.2, -0.15) is 5.26 Å². The quantitative estimate of drug-likeness (QED) is 0.240. The number of ether oxygens (including phenoxy) is 2. The molecule has 2 fully saturated rings. The van der Waals surface area contributed by atoms with Crippen LogP contribution in [0.2, 0.25) is 0 Å². The smallest absolute Gasteiger partial charge is 0.255 e. The van der Waals surface area contributed by atoms with Crippen LogP contribution in [0.4, 0.5) is 14.5 Å². The van der Waals surface area contributed by atoms with Crippen LogP contribution in [-0.2, 0) is 0 Å². The summed E-state index contributed by atoms with van der Waals surface area (Å²) in [4.78, 5) is 13.5.